The lowest BCUT2D eigenvalue weighted by molar-refractivity contribution is -0.183. The molecule has 3 rings (SSSR count). The number of rotatable bonds is 10. The van der Waals surface area contributed by atoms with Crippen LogP contribution in [0.5, 0.6) is 5.75 Å². The first-order chi connectivity index (χ1) is 15.3. The Bertz CT molecular complexity index is 687. The molecule has 1 aromatic carbocycles. The fourth-order valence-corrected chi connectivity index (χ4v) is 5.14. The van der Waals surface area contributed by atoms with E-state index < -0.39 is 35.7 Å². The summed E-state index contributed by atoms with van der Waals surface area (Å²) >= 11 is 0. The van der Waals surface area contributed by atoms with Crippen LogP contribution in [0.3, 0.4) is 0 Å². The maximum Gasteiger partial charge on any atom is 0.397 e. The Balaban J connectivity index is 1.33. The minimum atomic E-state index is -3.57. The van der Waals surface area contributed by atoms with Crippen LogP contribution in [-0.4, -0.2) is 18.8 Å². The van der Waals surface area contributed by atoms with Crippen LogP contribution in [0, 0.1) is 35.2 Å². The zero-order valence-corrected chi connectivity index (χ0v) is 18.9. The third-order valence-electron chi connectivity index (χ3n) is 7.09. The van der Waals surface area contributed by atoms with E-state index in [0.717, 1.165) is 38.2 Å². The van der Waals surface area contributed by atoms with Gasteiger partial charge in [0.25, 0.3) is 0 Å². The highest BCUT2D eigenvalue weighted by Crippen LogP contribution is 2.36. The molecule has 0 spiro atoms. The predicted molar refractivity (Wildman–Crippen MR) is 113 cm³/mol. The minimum Gasteiger partial charge on any atom is -0.432 e. The topological polar surface area (TPSA) is 18.5 Å². The van der Waals surface area contributed by atoms with Crippen LogP contribution in [0.2, 0.25) is 0 Å². The first-order valence-electron chi connectivity index (χ1n) is 12.1. The van der Waals surface area contributed by atoms with Crippen molar-refractivity contribution in [2.45, 2.75) is 96.2 Å². The Morgan fingerprint density at radius 3 is 1.94 bits per heavy atom. The van der Waals surface area contributed by atoms with Gasteiger partial charge in [-0.25, -0.2) is 13.2 Å². The molecule has 0 amide bonds. The summed E-state index contributed by atoms with van der Waals surface area (Å²) in [5, 5.41) is 0. The van der Waals surface area contributed by atoms with Gasteiger partial charge in [-0.1, -0.05) is 32.6 Å². The Labute approximate surface area is 187 Å². The average molecular weight is 463 g/mol. The summed E-state index contributed by atoms with van der Waals surface area (Å²) in [6, 6.07) is 0.871. The molecule has 0 aromatic heterocycles. The van der Waals surface area contributed by atoms with Crippen LogP contribution in [0.15, 0.2) is 12.1 Å². The van der Waals surface area contributed by atoms with Gasteiger partial charge < -0.3 is 9.47 Å². The van der Waals surface area contributed by atoms with E-state index in [-0.39, 0.29) is 18.4 Å². The van der Waals surface area contributed by atoms with Gasteiger partial charge in [0.1, 0.15) is 5.75 Å². The molecule has 32 heavy (non-hydrogen) atoms. The SMILES string of the molecule is CCCC1CCC(COC2CCC(CCC(F)(F)Oc3cc(F)c(F)c(F)c3)CC2)CC1. The number of hydrogen-bond acceptors (Lipinski definition) is 2. The molecular formula is C25H35F5O2. The van der Waals surface area contributed by atoms with Crippen molar-refractivity contribution in [3.8, 4) is 5.75 Å². The lowest BCUT2D eigenvalue weighted by Crippen LogP contribution is -2.28. The summed E-state index contributed by atoms with van der Waals surface area (Å²) in [6.07, 6.45) is 7.44. The van der Waals surface area contributed by atoms with Crippen LogP contribution in [0.25, 0.3) is 0 Å². The predicted octanol–water partition coefficient (Wildman–Crippen LogP) is 8.04. The van der Waals surface area contributed by atoms with Crippen molar-refractivity contribution in [3.05, 3.63) is 29.6 Å². The molecule has 7 heteroatoms. The van der Waals surface area contributed by atoms with E-state index in [1.807, 2.05) is 0 Å². The molecule has 0 unspecified atom stereocenters. The molecule has 0 N–H and O–H groups in total. The largest absolute Gasteiger partial charge is 0.432 e. The Hall–Kier alpha value is -1.37. The number of ether oxygens (including phenoxy) is 2. The molecule has 2 aliphatic carbocycles. The van der Waals surface area contributed by atoms with Crippen molar-refractivity contribution in [2.24, 2.45) is 17.8 Å². The zero-order valence-electron chi connectivity index (χ0n) is 18.9. The van der Waals surface area contributed by atoms with Gasteiger partial charge in [-0.2, -0.15) is 8.78 Å². The first-order valence-corrected chi connectivity index (χ1v) is 12.1. The van der Waals surface area contributed by atoms with Crippen molar-refractivity contribution < 1.29 is 31.4 Å². The van der Waals surface area contributed by atoms with Crippen molar-refractivity contribution in [1.82, 2.24) is 0 Å². The van der Waals surface area contributed by atoms with Gasteiger partial charge in [0, 0.05) is 18.7 Å². The smallest absolute Gasteiger partial charge is 0.397 e. The molecule has 2 fully saturated rings. The molecule has 1 aromatic rings. The Morgan fingerprint density at radius 2 is 1.34 bits per heavy atom. The standard InChI is InChI=1S/C25H35F5O2/c1-2-3-17-4-6-19(7-5-17)16-31-20-10-8-18(9-11-20)12-13-25(29,30)32-21-14-22(26)24(28)23(27)15-21/h14-15,17-20H,2-13,16H2,1H3. The molecule has 2 saturated carbocycles. The fourth-order valence-electron chi connectivity index (χ4n) is 5.14. The van der Waals surface area contributed by atoms with Gasteiger partial charge >= 0.3 is 6.11 Å². The van der Waals surface area contributed by atoms with E-state index in [1.165, 1.54) is 38.5 Å². The lowest BCUT2D eigenvalue weighted by atomic mass is 9.80. The summed E-state index contributed by atoms with van der Waals surface area (Å²) < 4.78 is 78.2. The third-order valence-corrected chi connectivity index (χ3v) is 7.09. The summed E-state index contributed by atoms with van der Waals surface area (Å²) in [5.74, 6) is -3.84. The second kappa shape index (κ2) is 11.7. The monoisotopic (exact) mass is 462 g/mol. The van der Waals surface area contributed by atoms with Gasteiger partial charge in [0.2, 0.25) is 0 Å². The van der Waals surface area contributed by atoms with Gasteiger partial charge in [0.15, 0.2) is 17.5 Å². The first kappa shape index (κ1) is 25.3. The highest BCUT2D eigenvalue weighted by molar-refractivity contribution is 5.25. The zero-order chi connectivity index (χ0) is 23.1. The molecule has 0 aliphatic heterocycles. The van der Waals surface area contributed by atoms with E-state index in [4.69, 9.17) is 4.74 Å². The van der Waals surface area contributed by atoms with E-state index in [2.05, 4.69) is 11.7 Å². The summed E-state index contributed by atoms with van der Waals surface area (Å²) in [7, 11) is 0. The molecule has 2 aliphatic rings. The highest BCUT2D eigenvalue weighted by Gasteiger charge is 2.34. The third kappa shape index (κ3) is 7.60. The molecule has 182 valence electrons. The quantitative estimate of drug-likeness (QED) is 0.259. The fraction of sp³-hybridized carbons (Fsp3) is 0.760. The minimum absolute atomic E-state index is 0.149. The normalized spacial score (nSPS) is 26.8. The van der Waals surface area contributed by atoms with E-state index in [9.17, 15) is 22.0 Å². The van der Waals surface area contributed by atoms with Crippen LogP contribution < -0.4 is 4.74 Å². The van der Waals surface area contributed by atoms with Gasteiger partial charge in [-0.15, -0.1) is 0 Å². The molecule has 0 heterocycles. The lowest BCUT2D eigenvalue weighted by Gasteiger charge is -2.32. The van der Waals surface area contributed by atoms with E-state index in [0.29, 0.717) is 18.1 Å². The summed E-state index contributed by atoms with van der Waals surface area (Å²) in [6.45, 7) is 3.05. The van der Waals surface area contributed by atoms with Gasteiger partial charge in [-0.05, 0) is 62.7 Å². The molecule has 0 bridgehead atoms. The van der Waals surface area contributed by atoms with Gasteiger partial charge in [0.05, 0.1) is 12.5 Å². The van der Waals surface area contributed by atoms with Crippen molar-refractivity contribution in [1.29, 1.82) is 0 Å². The number of hydrogen-bond donors (Lipinski definition) is 0. The van der Waals surface area contributed by atoms with Crippen molar-refractivity contribution in [2.75, 3.05) is 6.61 Å². The Kier molecular flexibility index (Phi) is 9.21. The second-order valence-corrected chi connectivity index (χ2v) is 9.63. The van der Waals surface area contributed by atoms with Crippen LogP contribution in [0.1, 0.15) is 84.0 Å². The number of benzene rings is 1. The average Bonchev–Trinajstić information content (AvgIpc) is 2.76. The van der Waals surface area contributed by atoms with Crippen LogP contribution >= 0.6 is 0 Å². The van der Waals surface area contributed by atoms with Crippen molar-refractivity contribution in [3.63, 3.8) is 0 Å². The number of halogens is 5. The molecule has 0 atom stereocenters. The summed E-state index contributed by atoms with van der Waals surface area (Å²) in [5.41, 5.74) is 0. The molecule has 2 nitrogen and oxygen atoms in total. The Morgan fingerprint density at radius 1 is 0.812 bits per heavy atom. The van der Waals surface area contributed by atoms with Gasteiger partial charge in [-0.3, -0.25) is 0 Å². The maximum atomic E-state index is 14.1. The summed E-state index contributed by atoms with van der Waals surface area (Å²) in [4.78, 5) is 0. The van der Waals surface area contributed by atoms with Crippen LogP contribution in [-0.2, 0) is 4.74 Å². The molecule has 0 saturated heterocycles. The van der Waals surface area contributed by atoms with E-state index in [1.54, 1.807) is 0 Å². The molecule has 0 radical (unpaired) electrons. The molecular weight excluding hydrogens is 427 g/mol. The highest BCUT2D eigenvalue weighted by atomic mass is 19.3. The van der Waals surface area contributed by atoms with E-state index >= 15 is 0 Å². The maximum absolute atomic E-state index is 14.1. The van der Waals surface area contributed by atoms with Crippen LogP contribution in [0.4, 0.5) is 22.0 Å². The second-order valence-electron chi connectivity index (χ2n) is 9.63. The number of alkyl halides is 2. The van der Waals surface area contributed by atoms with Crippen molar-refractivity contribution >= 4 is 0 Å².